The van der Waals surface area contributed by atoms with E-state index >= 15 is 0 Å². The Morgan fingerprint density at radius 2 is 2.45 bits per heavy atom. The number of ether oxygens (including phenoxy) is 1. The summed E-state index contributed by atoms with van der Waals surface area (Å²) in [7, 11) is 2.10. The first-order valence-corrected chi connectivity index (χ1v) is 4.05. The molecule has 2 nitrogen and oxygen atoms in total. The van der Waals surface area contributed by atoms with E-state index in [0.29, 0.717) is 0 Å². The summed E-state index contributed by atoms with van der Waals surface area (Å²) in [6, 6.07) is 0. The fourth-order valence-corrected chi connectivity index (χ4v) is 1.12. The summed E-state index contributed by atoms with van der Waals surface area (Å²) in [4.78, 5) is 2.23. The van der Waals surface area contributed by atoms with Crippen molar-refractivity contribution < 1.29 is 4.74 Å². The van der Waals surface area contributed by atoms with E-state index in [9.17, 15) is 0 Å². The van der Waals surface area contributed by atoms with Crippen molar-refractivity contribution in [3.05, 3.63) is 24.3 Å². The Hall–Kier alpha value is -0.920. The van der Waals surface area contributed by atoms with Gasteiger partial charge in [0, 0.05) is 20.0 Å². The summed E-state index contributed by atoms with van der Waals surface area (Å²) in [6.45, 7) is 3.28. The van der Waals surface area contributed by atoms with Gasteiger partial charge in [0.25, 0.3) is 0 Å². The van der Waals surface area contributed by atoms with Crippen LogP contribution in [0, 0.1) is 0 Å². The molecule has 0 spiro atoms. The fraction of sp³-hybridized carbons (Fsp3) is 0.556. The first-order chi connectivity index (χ1) is 5.34. The van der Waals surface area contributed by atoms with Crippen molar-refractivity contribution in [1.29, 1.82) is 0 Å². The van der Waals surface area contributed by atoms with Crippen LogP contribution in [0.3, 0.4) is 0 Å². The van der Waals surface area contributed by atoms with Crippen LogP contribution in [0.15, 0.2) is 24.3 Å². The highest BCUT2D eigenvalue weighted by atomic mass is 16.5. The van der Waals surface area contributed by atoms with Crippen LogP contribution >= 0.6 is 0 Å². The third-order valence-electron chi connectivity index (χ3n) is 1.76. The molecule has 1 aliphatic heterocycles. The standard InChI is InChI=1S/C9H15NO/c1-3-6-10(2)9-5-4-7-11-8-9/h4,7-8H,3,5-6H2,1-2H3. The number of allylic oxidation sites excluding steroid dienone is 1. The normalized spacial score (nSPS) is 15.6. The van der Waals surface area contributed by atoms with Crippen LogP contribution in [0.25, 0.3) is 0 Å². The second-order valence-electron chi connectivity index (χ2n) is 2.74. The van der Waals surface area contributed by atoms with Gasteiger partial charge in [-0.2, -0.15) is 0 Å². The predicted molar refractivity (Wildman–Crippen MR) is 45.8 cm³/mol. The van der Waals surface area contributed by atoms with Gasteiger partial charge >= 0.3 is 0 Å². The maximum absolute atomic E-state index is 5.07. The van der Waals surface area contributed by atoms with Crippen molar-refractivity contribution in [3.63, 3.8) is 0 Å². The van der Waals surface area contributed by atoms with E-state index in [1.54, 1.807) is 6.26 Å². The molecule has 2 heteroatoms. The average molecular weight is 153 g/mol. The zero-order valence-corrected chi connectivity index (χ0v) is 7.21. The van der Waals surface area contributed by atoms with E-state index < -0.39 is 0 Å². The van der Waals surface area contributed by atoms with Crippen molar-refractivity contribution in [3.8, 4) is 0 Å². The Bertz CT molecular complexity index is 172. The summed E-state index contributed by atoms with van der Waals surface area (Å²) in [5, 5.41) is 0. The van der Waals surface area contributed by atoms with Gasteiger partial charge in [-0.15, -0.1) is 0 Å². The lowest BCUT2D eigenvalue weighted by Crippen LogP contribution is -2.19. The molecule has 0 aromatic rings. The number of rotatable bonds is 3. The SMILES string of the molecule is CCCN(C)C1=COC=CC1. The Labute approximate surface area is 68.1 Å². The predicted octanol–water partition coefficient (Wildman–Crippen LogP) is 2.10. The number of nitrogens with zero attached hydrogens (tertiary/aromatic N) is 1. The Balaban J connectivity index is 2.39. The molecule has 0 aromatic carbocycles. The summed E-state index contributed by atoms with van der Waals surface area (Å²) in [5.41, 5.74) is 1.26. The van der Waals surface area contributed by atoms with Gasteiger partial charge in [-0.1, -0.05) is 6.92 Å². The molecule has 0 N–H and O–H groups in total. The van der Waals surface area contributed by atoms with Crippen LogP contribution in [-0.2, 0) is 4.74 Å². The second kappa shape index (κ2) is 4.06. The topological polar surface area (TPSA) is 12.5 Å². The molecule has 1 rings (SSSR count). The molecular weight excluding hydrogens is 138 g/mol. The molecule has 0 bridgehead atoms. The average Bonchev–Trinajstić information content (AvgIpc) is 2.07. The lowest BCUT2D eigenvalue weighted by atomic mass is 10.2. The van der Waals surface area contributed by atoms with Crippen molar-refractivity contribution >= 4 is 0 Å². The molecule has 62 valence electrons. The Kier molecular flexibility index (Phi) is 3.02. The largest absolute Gasteiger partial charge is 0.471 e. The first kappa shape index (κ1) is 8.18. The maximum Gasteiger partial charge on any atom is 0.110 e. The third-order valence-corrected chi connectivity index (χ3v) is 1.76. The molecule has 1 aliphatic rings. The minimum Gasteiger partial charge on any atom is -0.471 e. The summed E-state index contributed by atoms with van der Waals surface area (Å²) < 4.78 is 5.07. The maximum atomic E-state index is 5.07. The molecule has 0 atom stereocenters. The highest BCUT2D eigenvalue weighted by molar-refractivity contribution is 5.06. The molecule has 11 heavy (non-hydrogen) atoms. The summed E-state index contributed by atoms with van der Waals surface area (Å²) in [6.07, 6.45) is 7.74. The molecular formula is C9H15NO. The molecule has 0 fully saturated rings. The van der Waals surface area contributed by atoms with Gasteiger partial charge in [-0.05, 0) is 12.5 Å². The molecule has 0 saturated heterocycles. The van der Waals surface area contributed by atoms with E-state index in [4.69, 9.17) is 4.74 Å². The van der Waals surface area contributed by atoms with Crippen molar-refractivity contribution in [2.24, 2.45) is 0 Å². The van der Waals surface area contributed by atoms with Crippen LogP contribution in [0.4, 0.5) is 0 Å². The van der Waals surface area contributed by atoms with E-state index in [1.165, 1.54) is 12.1 Å². The molecule has 1 heterocycles. The molecule has 0 saturated carbocycles. The molecule has 0 aromatic heterocycles. The van der Waals surface area contributed by atoms with Gasteiger partial charge in [0.2, 0.25) is 0 Å². The smallest absolute Gasteiger partial charge is 0.110 e. The first-order valence-electron chi connectivity index (χ1n) is 4.05. The van der Waals surface area contributed by atoms with Gasteiger partial charge in [-0.3, -0.25) is 0 Å². The van der Waals surface area contributed by atoms with E-state index in [0.717, 1.165) is 13.0 Å². The lowest BCUT2D eigenvalue weighted by molar-refractivity contribution is 0.333. The molecule has 0 amide bonds. The van der Waals surface area contributed by atoms with Crippen LogP contribution in [-0.4, -0.2) is 18.5 Å². The van der Waals surface area contributed by atoms with E-state index in [-0.39, 0.29) is 0 Å². The van der Waals surface area contributed by atoms with Gasteiger partial charge in [0.05, 0.1) is 12.0 Å². The van der Waals surface area contributed by atoms with Crippen molar-refractivity contribution in [2.75, 3.05) is 13.6 Å². The molecule has 0 aliphatic carbocycles. The number of hydrogen-bond acceptors (Lipinski definition) is 2. The minimum atomic E-state index is 0.997. The van der Waals surface area contributed by atoms with Crippen molar-refractivity contribution in [1.82, 2.24) is 4.90 Å². The van der Waals surface area contributed by atoms with Gasteiger partial charge < -0.3 is 9.64 Å². The Morgan fingerprint density at radius 1 is 1.64 bits per heavy atom. The minimum absolute atomic E-state index is 0.997. The molecule has 0 radical (unpaired) electrons. The van der Waals surface area contributed by atoms with Gasteiger partial charge in [0.15, 0.2) is 0 Å². The highest BCUT2D eigenvalue weighted by Gasteiger charge is 2.03. The zero-order chi connectivity index (χ0) is 8.10. The van der Waals surface area contributed by atoms with Crippen LogP contribution in [0.1, 0.15) is 19.8 Å². The summed E-state index contributed by atoms with van der Waals surface area (Å²) in [5.74, 6) is 0. The lowest BCUT2D eigenvalue weighted by Gasteiger charge is -2.21. The second-order valence-corrected chi connectivity index (χ2v) is 2.74. The third kappa shape index (κ3) is 2.30. The monoisotopic (exact) mass is 153 g/mol. The van der Waals surface area contributed by atoms with Crippen LogP contribution in [0.5, 0.6) is 0 Å². The zero-order valence-electron chi connectivity index (χ0n) is 7.21. The fourth-order valence-electron chi connectivity index (χ4n) is 1.12. The molecule has 0 unspecified atom stereocenters. The number of hydrogen-bond donors (Lipinski definition) is 0. The van der Waals surface area contributed by atoms with Crippen molar-refractivity contribution in [2.45, 2.75) is 19.8 Å². The van der Waals surface area contributed by atoms with Crippen LogP contribution < -0.4 is 0 Å². The summed E-state index contributed by atoms with van der Waals surface area (Å²) >= 11 is 0. The Morgan fingerprint density at radius 3 is 3.00 bits per heavy atom. The van der Waals surface area contributed by atoms with E-state index in [1.807, 2.05) is 12.3 Å². The van der Waals surface area contributed by atoms with Crippen LogP contribution in [0.2, 0.25) is 0 Å². The van der Waals surface area contributed by atoms with E-state index in [2.05, 4.69) is 18.9 Å². The van der Waals surface area contributed by atoms with Gasteiger partial charge in [-0.25, -0.2) is 0 Å². The highest BCUT2D eigenvalue weighted by Crippen LogP contribution is 2.12. The quantitative estimate of drug-likeness (QED) is 0.615. The van der Waals surface area contributed by atoms with Gasteiger partial charge in [0.1, 0.15) is 6.26 Å².